The first-order valence-corrected chi connectivity index (χ1v) is 7.32. The van der Waals surface area contributed by atoms with Gasteiger partial charge >= 0.3 is 0 Å². The summed E-state index contributed by atoms with van der Waals surface area (Å²) in [5.41, 5.74) is 0.566. The maximum Gasteiger partial charge on any atom is 0.269 e. The van der Waals surface area contributed by atoms with E-state index in [0.29, 0.717) is 25.0 Å². The third-order valence-electron chi connectivity index (χ3n) is 3.53. The van der Waals surface area contributed by atoms with Crippen molar-refractivity contribution in [2.75, 3.05) is 13.2 Å². The van der Waals surface area contributed by atoms with Crippen LogP contribution in [-0.2, 0) is 9.47 Å². The summed E-state index contributed by atoms with van der Waals surface area (Å²) in [6, 6.07) is 6.11. The van der Waals surface area contributed by atoms with E-state index in [1.807, 2.05) is 0 Å². The molecular weight excluding hydrogens is 274 g/mol. The smallest absolute Gasteiger partial charge is 0.269 e. The fourth-order valence-electron chi connectivity index (χ4n) is 2.35. The van der Waals surface area contributed by atoms with Crippen molar-refractivity contribution in [1.82, 2.24) is 0 Å². The molecule has 1 aromatic carbocycles. The zero-order chi connectivity index (χ0) is 15.1. The molecule has 2 unspecified atom stereocenters. The molecule has 1 aromatic rings. The summed E-state index contributed by atoms with van der Waals surface area (Å²) in [5, 5.41) is 20.8. The topological polar surface area (TPSA) is 81.8 Å². The lowest BCUT2D eigenvalue weighted by atomic mass is 10.0. The number of benzene rings is 1. The number of hydrogen-bond donors (Lipinski definition) is 1. The maximum absolute atomic E-state index is 10.7. The van der Waals surface area contributed by atoms with Crippen LogP contribution in [0.4, 0.5) is 5.69 Å². The van der Waals surface area contributed by atoms with Crippen molar-refractivity contribution in [1.29, 1.82) is 0 Å². The lowest BCUT2D eigenvalue weighted by molar-refractivity contribution is -0.385. The molecule has 0 radical (unpaired) electrons. The van der Waals surface area contributed by atoms with E-state index in [2.05, 4.69) is 0 Å². The van der Waals surface area contributed by atoms with Crippen LogP contribution in [0.1, 0.15) is 43.8 Å². The van der Waals surface area contributed by atoms with Crippen LogP contribution in [0.25, 0.3) is 0 Å². The number of ether oxygens (including phenoxy) is 2. The van der Waals surface area contributed by atoms with Crippen LogP contribution in [0.5, 0.6) is 0 Å². The number of non-ortho nitro benzene ring substituents is 1. The van der Waals surface area contributed by atoms with E-state index in [1.54, 1.807) is 12.1 Å². The molecule has 0 bridgehead atoms. The van der Waals surface area contributed by atoms with Gasteiger partial charge in [-0.3, -0.25) is 10.1 Å². The minimum atomic E-state index is -0.708. The van der Waals surface area contributed by atoms with Gasteiger partial charge in [-0.15, -0.1) is 0 Å². The lowest BCUT2D eigenvalue weighted by Crippen LogP contribution is -2.22. The molecule has 0 aromatic heterocycles. The minimum absolute atomic E-state index is 0.00148. The number of aliphatic hydroxyl groups is 1. The van der Waals surface area contributed by atoms with Crippen molar-refractivity contribution in [2.45, 2.75) is 44.5 Å². The van der Waals surface area contributed by atoms with Gasteiger partial charge in [-0.2, -0.15) is 0 Å². The number of aliphatic hydroxyl groups excluding tert-OH is 1. The molecule has 2 atom stereocenters. The fourth-order valence-corrected chi connectivity index (χ4v) is 2.35. The highest BCUT2D eigenvalue weighted by Gasteiger charge is 2.15. The van der Waals surface area contributed by atoms with Crippen molar-refractivity contribution in [3.63, 3.8) is 0 Å². The third-order valence-corrected chi connectivity index (χ3v) is 3.53. The molecule has 6 nitrogen and oxygen atoms in total. The highest BCUT2D eigenvalue weighted by Crippen LogP contribution is 2.23. The first-order chi connectivity index (χ1) is 10.2. The predicted octanol–water partition coefficient (Wildman–Crippen LogP) is 2.95. The van der Waals surface area contributed by atoms with Crippen molar-refractivity contribution >= 4 is 5.69 Å². The Morgan fingerprint density at radius 1 is 1.48 bits per heavy atom. The number of rotatable bonds is 7. The van der Waals surface area contributed by atoms with Gasteiger partial charge < -0.3 is 14.6 Å². The molecule has 1 aliphatic rings. The van der Waals surface area contributed by atoms with Gasteiger partial charge in [0.2, 0.25) is 0 Å². The average Bonchev–Trinajstić information content (AvgIpc) is 2.52. The van der Waals surface area contributed by atoms with Crippen LogP contribution in [-0.4, -0.2) is 29.5 Å². The van der Waals surface area contributed by atoms with Crippen LogP contribution in [0.3, 0.4) is 0 Å². The standard InChI is InChI=1S/C15H21NO5/c17-14(12-5-3-6-13(11-12)16(18)19)7-4-10-21-15-8-1-2-9-20-15/h3,5-6,11,14-15,17H,1-2,4,7-10H2. The van der Waals surface area contributed by atoms with E-state index in [4.69, 9.17) is 9.47 Å². The highest BCUT2D eigenvalue weighted by atomic mass is 16.7. The SMILES string of the molecule is O=[N+]([O-])c1cccc(C(O)CCCOC2CCCCO2)c1. The van der Waals surface area contributed by atoms with Crippen LogP contribution < -0.4 is 0 Å². The number of nitro benzene ring substituents is 1. The van der Waals surface area contributed by atoms with Gasteiger partial charge in [-0.25, -0.2) is 0 Å². The van der Waals surface area contributed by atoms with Gasteiger partial charge in [0.25, 0.3) is 5.69 Å². The molecule has 21 heavy (non-hydrogen) atoms. The molecule has 0 aliphatic carbocycles. The van der Waals surface area contributed by atoms with E-state index in [1.165, 1.54) is 12.1 Å². The summed E-state index contributed by atoms with van der Waals surface area (Å²) in [5.74, 6) is 0. The largest absolute Gasteiger partial charge is 0.388 e. The molecule has 1 fully saturated rings. The van der Waals surface area contributed by atoms with Crippen molar-refractivity contribution < 1.29 is 19.5 Å². The second-order valence-corrected chi connectivity index (χ2v) is 5.18. The fraction of sp³-hybridized carbons (Fsp3) is 0.600. The second kappa shape index (κ2) is 8.07. The van der Waals surface area contributed by atoms with Crippen molar-refractivity contribution in [3.05, 3.63) is 39.9 Å². The Morgan fingerprint density at radius 3 is 3.05 bits per heavy atom. The summed E-state index contributed by atoms with van der Waals surface area (Å²) >= 11 is 0. The van der Waals surface area contributed by atoms with Crippen molar-refractivity contribution in [3.8, 4) is 0 Å². The lowest BCUT2D eigenvalue weighted by Gasteiger charge is -2.22. The summed E-state index contributed by atoms with van der Waals surface area (Å²) in [6.45, 7) is 1.28. The third kappa shape index (κ3) is 5.08. The van der Waals surface area contributed by atoms with Crippen molar-refractivity contribution in [2.24, 2.45) is 0 Å². The summed E-state index contributed by atoms with van der Waals surface area (Å²) in [6.07, 6.45) is 3.51. The predicted molar refractivity (Wildman–Crippen MR) is 76.8 cm³/mol. The maximum atomic E-state index is 10.7. The van der Waals surface area contributed by atoms with Gasteiger partial charge in [0.05, 0.1) is 11.0 Å². The Labute approximate surface area is 123 Å². The normalized spacial score (nSPS) is 20.1. The van der Waals surface area contributed by atoms with Gasteiger partial charge in [-0.1, -0.05) is 12.1 Å². The Balaban J connectivity index is 1.72. The molecule has 1 N–H and O–H groups in total. The number of nitrogens with zero attached hydrogens (tertiary/aromatic N) is 1. The molecule has 0 spiro atoms. The molecule has 1 aliphatic heterocycles. The van der Waals surface area contributed by atoms with Crippen LogP contribution >= 0.6 is 0 Å². The zero-order valence-electron chi connectivity index (χ0n) is 11.9. The Morgan fingerprint density at radius 2 is 2.33 bits per heavy atom. The van der Waals surface area contributed by atoms with Gasteiger partial charge in [-0.05, 0) is 37.7 Å². The first-order valence-electron chi connectivity index (χ1n) is 7.32. The molecular formula is C15H21NO5. The van der Waals surface area contributed by atoms with Crippen LogP contribution in [0.15, 0.2) is 24.3 Å². The van der Waals surface area contributed by atoms with Crippen LogP contribution in [0, 0.1) is 10.1 Å². The number of nitro groups is 1. The van der Waals surface area contributed by atoms with E-state index >= 15 is 0 Å². The summed E-state index contributed by atoms with van der Waals surface area (Å²) in [4.78, 5) is 10.2. The summed E-state index contributed by atoms with van der Waals surface area (Å²) < 4.78 is 11.0. The van der Waals surface area contributed by atoms with E-state index in [-0.39, 0.29) is 12.0 Å². The Bertz CT molecular complexity index is 459. The molecule has 0 amide bonds. The molecule has 6 heteroatoms. The monoisotopic (exact) mass is 295 g/mol. The van der Waals surface area contributed by atoms with E-state index in [9.17, 15) is 15.2 Å². The Hall–Kier alpha value is -1.50. The highest BCUT2D eigenvalue weighted by molar-refractivity contribution is 5.35. The molecule has 116 valence electrons. The molecule has 1 saturated heterocycles. The van der Waals surface area contributed by atoms with E-state index < -0.39 is 11.0 Å². The molecule has 1 heterocycles. The number of hydrogen-bond acceptors (Lipinski definition) is 5. The average molecular weight is 295 g/mol. The minimum Gasteiger partial charge on any atom is -0.388 e. The van der Waals surface area contributed by atoms with Gasteiger partial charge in [0.15, 0.2) is 6.29 Å². The van der Waals surface area contributed by atoms with E-state index in [0.717, 1.165) is 25.9 Å². The molecule has 0 saturated carbocycles. The Kier molecular flexibility index (Phi) is 6.10. The zero-order valence-corrected chi connectivity index (χ0v) is 11.9. The molecule has 2 rings (SSSR count). The van der Waals surface area contributed by atoms with Crippen LogP contribution in [0.2, 0.25) is 0 Å². The van der Waals surface area contributed by atoms with Gasteiger partial charge in [0.1, 0.15) is 0 Å². The second-order valence-electron chi connectivity index (χ2n) is 5.18. The quantitative estimate of drug-likeness (QED) is 0.475. The first kappa shape index (κ1) is 15.9. The summed E-state index contributed by atoms with van der Waals surface area (Å²) in [7, 11) is 0. The van der Waals surface area contributed by atoms with Gasteiger partial charge in [0, 0.05) is 25.3 Å².